The van der Waals surface area contributed by atoms with E-state index in [4.69, 9.17) is 0 Å². The van der Waals surface area contributed by atoms with Crippen LogP contribution in [0.4, 0.5) is 13.2 Å². The summed E-state index contributed by atoms with van der Waals surface area (Å²) < 4.78 is 70.0. The van der Waals surface area contributed by atoms with E-state index in [-0.39, 0.29) is 35.1 Å². The van der Waals surface area contributed by atoms with Crippen LogP contribution in [0.3, 0.4) is 0 Å². The Morgan fingerprint density at radius 2 is 2.07 bits per heavy atom. The molecule has 1 aliphatic rings. The predicted molar refractivity (Wildman–Crippen MR) is 97.2 cm³/mol. The molecule has 1 aliphatic heterocycles. The number of aryl methyl sites for hydroxylation is 1. The van der Waals surface area contributed by atoms with E-state index >= 15 is 0 Å². The van der Waals surface area contributed by atoms with Crippen molar-refractivity contribution in [3.05, 3.63) is 35.6 Å². The van der Waals surface area contributed by atoms with Gasteiger partial charge in [0, 0.05) is 31.3 Å². The van der Waals surface area contributed by atoms with Gasteiger partial charge in [-0.25, -0.2) is 8.42 Å². The monoisotopic (exact) mass is 431 g/mol. The minimum Gasteiger partial charge on any atom is -0.356 e. The van der Waals surface area contributed by atoms with E-state index in [0.29, 0.717) is 18.5 Å². The maximum absolute atomic E-state index is 13.1. The molecule has 1 aromatic heterocycles. The molecule has 1 atom stereocenters. The topological polar surface area (TPSA) is 92.5 Å². The normalized spacial score (nSPS) is 18.2. The first-order valence-corrected chi connectivity index (χ1v) is 10.4. The first-order valence-electron chi connectivity index (χ1n) is 8.97. The van der Waals surface area contributed by atoms with Crippen molar-refractivity contribution in [3.63, 3.8) is 0 Å². The van der Waals surface area contributed by atoms with Crippen LogP contribution in [-0.2, 0) is 21.0 Å². The van der Waals surface area contributed by atoms with E-state index in [2.05, 4.69) is 15.0 Å². The lowest BCUT2D eigenvalue weighted by atomic mass is 10.1. The largest absolute Gasteiger partial charge is 0.452 e. The van der Waals surface area contributed by atoms with Crippen LogP contribution in [0.2, 0.25) is 0 Å². The van der Waals surface area contributed by atoms with Gasteiger partial charge < -0.3 is 9.84 Å². The summed E-state index contributed by atoms with van der Waals surface area (Å²) in [6.45, 7) is 4.08. The molecule has 2 aromatic rings. The van der Waals surface area contributed by atoms with Crippen molar-refractivity contribution in [2.75, 3.05) is 19.6 Å². The molecule has 3 rings (SSSR count). The number of nitrogens with one attached hydrogen (secondary N) is 1. The highest BCUT2D eigenvalue weighted by Crippen LogP contribution is 2.34. The number of amides is 1. The van der Waals surface area contributed by atoms with Crippen molar-refractivity contribution in [2.24, 2.45) is 5.92 Å². The summed E-state index contributed by atoms with van der Waals surface area (Å²) >= 11 is 0. The Kier molecular flexibility index (Phi) is 5.72. The van der Waals surface area contributed by atoms with Crippen LogP contribution < -0.4 is 5.32 Å². The highest BCUT2D eigenvalue weighted by atomic mass is 32.2. The highest BCUT2D eigenvalue weighted by molar-refractivity contribution is 7.89. The van der Waals surface area contributed by atoms with Gasteiger partial charge in [0.15, 0.2) is 0 Å². The fourth-order valence-corrected chi connectivity index (χ4v) is 4.95. The number of nitrogens with zero attached hydrogens (tertiary/aromatic N) is 2. The van der Waals surface area contributed by atoms with Crippen LogP contribution in [0.25, 0.3) is 11.3 Å². The second-order valence-corrected chi connectivity index (χ2v) is 8.70. The smallest absolute Gasteiger partial charge is 0.356 e. The van der Waals surface area contributed by atoms with Crippen LogP contribution in [0.5, 0.6) is 0 Å². The van der Waals surface area contributed by atoms with Gasteiger partial charge in [0.1, 0.15) is 5.69 Å². The van der Waals surface area contributed by atoms with Crippen molar-refractivity contribution in [1.82, 2.24) is 14.8 Å². The Morgan fingerprint density at radius 1 is 1.34 bits per heavy atom. The predicted octanol–water partition coefficient (Wildman–Crippen LogP) is 2.82. The summed E-state index contributed by atoms with van der Waals surface area (Å²) in [6.07, 6.45) is -4.28. The second-order valence-electron chi connectivity index (χ2n) is 6.80. The van der Waals surface area contributed by atoms with Gasteiger partial charge in [-0.3, -0.25) is 4.79 Å². The summed E-state index contributed by atoms with van der Waals surface area (Å²) in [5.74, 6) is -1.89. The van der Waals surface area contributed by atoms with E-state index in [1.54, 1.807) is 13.8 Å². The maximum atomic E-state index is 13.1. The zero-order chi connectivity index (χ0) is 21.4. The lowest BCUT2D eigenvalue weighted by molar-refractivity contribution is -0.155. The first kappa shape index (κ1) is 21.3. The molecule has 0 bridgehead atoms. The van der Waals surface area contributed by atoms with Crippen molar-refractivity contribution in [3.8, 4) is 11.3 Å². The molecule has 0 saturated carbocycles. The number of benzene rings is 1. The molecule has 0 spiro atoms. The average molecular weight is 431 g/mol. The van der Waals surface area contributed by atoms with Crippen LogP contribution in [0.15, 0.2) is 33.7 Å². The van der Waals surface area contributed by atoms with Gasteiger partial charge in [0.2, 0.25) is 21.7 Å². The molecule has 7 nitrogen and oxygen atoms in total. The Hall–Kier alpha value is -2.40. The van der Waals surface area contributed by atoms with Crippen LogP contribution in [-0.4, -0.2) is 43.4 Å². The zero-order valence-electron chi connectivity index (χ0n) is 15.8. The molecule has 158 valence electrons. The Labute approximate surface area is 165 Å². The molecule has 0 unspecified atom stereocenters. The van der Waals surface area contributed by atoms with Gasteiger partial charge in [-0.1, -0.05) is 17.3 Å². The second kappa shape index (κ2) is 7.79. The number of alkyl halides is 3. The third kappa shape index (κ3) is 4.30. The summed E-state index contributed by atoms with van der Waals surface area (Å²) in [6, 6.07) is 4.99. The van der Waals surface area contributed by atoms with Gasteiger partial charge >= 0.3 is 6.18 Å². The quantitative estimate of drug-likeness (QED) is 0.786. The lowest BCUT2D eigenvalue weighted by Crippen LogP contribution is -2.34. The number of sulfonamides is 1. The van der Waals surface area contributed by atoms with E-state index in [9.17, 15) is 26.4 Å². The molecule has 1 saturated heterocycles. The molecule has 2 heterocycles. The molecule has 0 aliphatic carbocycles. The summed E-state index contributed by atoms with van der Waals surface area (Å²) in [5, 5.41) is 6.09. The summed E-state index contributed by atoms with van der Waals surface area (Å²) in [5.41, 5.74) is 0.512. The van der Waals surface area contributed by atoms with Crippen LogP contribution >= 0.6 is 0 Å². The molecular weight excluding hydrogens is 411 g/mol. The molecule has 1 aromatic carbocycles. The number of halogens is 3. The molecule has 11 heteroatoms. The van der Waals surface area contributed by atoms with E-state index in [1.165, 1.54) is 22.5 Å². The Morgan fingerprint density at radius 3 is 2.69 bits per heavy atom. The van der Waals surface area contributed by atoms with Gasteiger partial charge in [-0.2, -0.15) is 17.5 Å². The third-order valence-corrected chi connectivity index (χ3v) is 6.77. The first-order chi connectivity index (χ1) is 13.5. The number of rotatable bonds is 5. The number of hydrogen-bond acceptors (Lipinski definition) is 5. The Bertz CT molecular complexity index is 1020. The van der Waals surface area contributed by atoms with E-state index in [1.807, 2.05) is 0 Å². The van der Waals surface area contributed by atoms with Crippen molar-refractivity contribution in [1.29, 1.82) is 0 Å². The number of hydrogen-bond donors (Lipinski definition) is 1. The molecule has 1 fully saturated rings. The van der Waals surface area contributed by atoms with Crippen LogP contribution in [0.1, 0.15) is 24.7 Å². The highest BCUT2D eigenvalue weighted by Gasteiger charge is 2.38. The van der Waals surface area contributed by atoms with Crippen molar-refractivity contribution >= 4 is 15.9 Å². The lowest BCUT2D eigenvalue weighted by Gasteiger charge is -2.18. The van der Waals surface area contributed by atoms with Gasteiger partial charge in [-0.05, 0) is 31.9 Å². The molecular formula is C18H20F3N3O4S. The van der Waals surface area contributed by atoms with Gasteiger partial charge in [-0.15, -0.1) is 0 Å². The summed E-state index contributed by atoms with van der Waals surface area (Å²) in [7, 11) is -3.93. The standard InChI is InChI=1S/C18H20F3N3O4S/c1-3-22-17(25)13-6-7-24(10-13)29(26,27)15-8-12(5-4-11(15)2)14-9-16(28-23-14)18(19,20)21/h4-5,8-9,13H,3,6-7,10H2,1-2H3,(H,22,25)/t13-/m0/s1. The van der Waals surface area contributed by atoms with Crippen molar-refractivity contribution in [2.45, 2.75) is 31.3 Å². The average Bonchev–Trinajstić information content (AvgIpc) is 3.32. The molecule has 29 heavy (non-hydrogen) atoms. The van der Waals surface area contributed by atoms with Gasteiger partial charge in [0.25, 0.3) is 0 Å². The van der Waals surface area contributed by atoms with E-state index in [0.717, 1.165) is 6.07 Å². The fourth-order valence-electron chi connectivity index (χ4n) is 3.20. The molecule has 1 amide bonds. The SMILES string of the molecule is CCNC(=O)[C@H]1CCN(S(=O)(=O)c2cc(-c3cc(C(F)(F)F)on3)ccc2C)C1. The minimum absolute atomic E-state index is 0.0388. The van der Waals surface area contributed by atoms with Crippen LogP contribution in [0, 0.1) is 12.8 Å². The third-order valence-electron chi connectivity index (χ3n) is 4.76. The molecule has 0 radical (unpaired) electrons. The number of aromatic nitrogens is 1. The maximum Gasteiger partial charge on any atom is 0.452 e. The minimum atomic E-state index is -4.69. The molecule has 1 N–H and O–H groups in total. The number of carbonyl (C=O) groups is 1. The van der Waals surface area contributed by atoms with Crippen molar-refractivity contribution < 1.29 is 30.9 Å². The van der Waals surface area contributed by atoms with Gasteiger partial charge in [0.05, 0.1) is 10.8 Å². The fraction of sp³-hybridized carbons (Fsp3) is 0.444. The number of carbonyl (C=O) groups excluding carboxylic acids is 1. The zero-order valence-corrected chi connectivity index (χ0v) is 16.6. The summed E-state index contributed by atoms with van der Waals surface area (Å²) in [4.78, 5) is 12.0. The van der Waals surface area contributed by atoms with E-state index < -0.39 is 27.9 Å². The Balaban J connectivity index is 1.90.